The number of hydrogen-bond acceptors (Lipinski definition) is 3. The Hall–Kier alpha value is -4.24. The van der Waals surface area contributed by atoms with Gasteiger partial charge in [0, 0.05) is 22.4 Å². The number of fused-ring (bicyclic) bond motifs is 5. The molecular formula is C32H24O3. The first kappa shape index (κ1) is 20.2. The molecule has 0 fully saturated rings. The molecule has 0 bridgehead atoms. The van der Waals surface area contributed by atoms with Crippen LogP contribution in [-0.4, -0.2) is 10.2 Å². The van der Waals surface area contributed by atoms with Crippen LogP contribution in [-0.2, 0) is 0 Å². The number of benzene rings is 4. The van der Waals surface area contributed by atoms with Gasteiger partial charge in [-0.15, -0.1) is 0 Å². The predicted octanol–water partition coefficient (Wildman–Crippen LogP) is 8.16. The summed E-state index contributed by atoms with van der Waals surface area (Å²) in [6, 6.07) is 26.2. The molecule has 35 heavy (non-hydrogen) atoms. The molecule has 3 nitrogen and oxygen atoms in total. The number of aromatic hydroxyl groups is 2. The highest BCUT2D eigenvalue weighted by Gasteiger charge is 2.33. The predicted molar refractivity (Wildman–Crippen MR) is 140 cm³/mol. The van der Waals surface area contributed by atoms with Crippen LogP contribution in [0.2, 0.25) is 0 Å². The van der Waals surface area contributed by atoms with Crippen molar-refractivity contribution < 1.29 is 14.6 Å². The molecule has 2 N–H and O–H groups in total. The molecule has 5 aromatic rings. The van der Waals surface area contributed by atoms with E-state index < -0.39 is 0 Å². The van der Waals surface area contributed by atoms with E-state index in [-0.39, 0.29) is 11.7 Å². The van der Waals surface area contributed by atoms with E-state index in [4.69, 9.17) is 4.42 Å². The molecule has 0 radical (unpaired) electrons. The number of allylic oxidation sites excluding steroid dienone is 1. The highest BCUT2D eigenvalue weighted by molar-refractivity contribution is 6.04. The van der Waals surface area contributed by atoms with Gasteiger partial charge < -0.3 is 14.6 Å². The summed E-state index contributed by atoms with van der Waals surface area (Å²) < 4.78 is 6.13. The van der Waals surface area contributed by atoms with Gasteiger partial charge in [-0.2, -0.15) is 0 Å². The van der Waals surface area contributed by atoms with Crippen LogP contribution in [0, 0.1) is 6.92 Å². The normalized spacial score (nSPS) is 16.7. The number of phenols is 2. The number of aryl methyl sites for hydroxylation is 1. The lowest BCUT2D eigenvalue weighted by Crippen LogP contribution is -2.09. The Bertz CT molecular complexity index is 1720. The Kier molecular flexibility index (Phi) is 4.11. The molecule has 0 spiro atoms. The zero-order valence-corrected chi connectivity index (χ0v) is 19.6. The molecule has 1 unspecified atom stereocenters. The van der Waals surface area contributed by atoms with Crippen LogP contribution in [0.1, 0.15) is 47.3 Å². The number of phenolic OH excluding ortho intramolecular Hbond substituents is 2. The maximum absolute atomic E-state index is 10.9. The summed E-state index contributed by atoms with van der Waals surface area (Å²) >= 11 is 0. The van der Waals surface area contributed by atoms with Crippen LogP contribution in [0.15, 0.2) is 88.9 Å². The smallest absolute Gasteiger partial charge is 0.135 e. The van der Waals surface area contributed by atoms with Crippen molar-refractivity contribution in [3.63, 3.8) is 0 Å². The van der Waals surface area contributed by atoms with Crippen molar-refractivity contribution in [1.29, 1.82) is 0 Å². The van der Waals surface area contributed by atoms with E-state index in [0.29, 0.717) is 5.75 Å². The summed E-state index contributed by atoms with van der Waals surface area (Å²) in [6.07, 6.45) is 0.790. The lowest BCUT2D eigenvalue weighted by Gasteiger charge is -2.28. The Morgan fingerprint density at radius 1 is 0.771 bits per heavy atom. The molecule has 7 rings (SSSR count). The molecule has 2 aliphatic rings. The molecule has 0 saturated carbocycles. The first-order valence-corrected chi connectivity index (χ1v) is 12.0. The second kappa shape index (κ2) is 7.13. The van der Waals surface area contributed by atoms with Crippen LogP contribution >= 0.6 is 0 Å². The first-order valence-electron chi connectivity index (χ1n) is 12.0. The molecule has 1 aromatic heterocycles. The summed E-state index contributed by atoms with van der Waals surface area (Å²) in [4.78, 5) is 0. The second-order valence-corrected chi connectivity index (χ2v) is 9.68. The Labute approximate surface area is 203 Å². The number of rotatable bonds is 2. The van der Waals surface area contributed by atoms with Crippen molar-refractivity contribution in [1.82, 2.24) is 0 Å². The van der Waals surface area contributed by atoms with Crippen LogP contribution in [0.5, 0.6) is 11.5 Å². The topological polar surface area (TPSA) is 53.6 Å². The molecule has 0 amide bonds. The van der Waals surface area contributed by atoms with Gasteiger partial charge in [-0.1, -0.05) is 60.2 Å². The van der Waals surface area contributed by atoms with Crippen molar-refractivity contribution in [3.8, 4) is 33.8 Å². The van der Waals surface area contributed by atoms with E-state index in [1.54, 1.807) is 12.1 Å². The SMILES string of the molecule is C/C(CC1c2cccc(O)c2-c2c(C)oc3cccc1c23)=C1\c2ccccc2-c2ccc(O)cc21. The van der Waals surface area contributed by atoms with Crippen LogP contribution in [0.3, 0.4) is 0 Å². The van der Waals surface area contributed by atoms with Crippen molar-refractivity contribution in [2.24, 2.45) is 0 Å². The minimum Gasteiger partial charge on any atom is -0.508 e. The van der Waals surface area contributed by atoms with Crippen LogP contribution < -0.4 is 0 Å². The highest BCUT2D eigenvalue weighted by Crippen LogP contribution is 2.54. The molecule has 170 valence electrons. The Morgan fingerprint density at radius 3 is 2.37 bits per heavy atom. The zero-order chi connectivity index (χ0) is 23.8. The molecular weight excluding hydrogens is 432 g/mol. The summed E-state index contributed by atoms with van der Waals surface area (Å²) in [5.74, 6) is 1.47. The third kappa shape index (κ3) is 2.72. The van der Waals surface area contributed by atoms with E-state index in [1.807, 2.05) is 31.2 Å². The minimum absolute atomic E-state index is 0.0753. The molecule has 1 heterocycles. The molecule has 0 saturated heterocycles. The highest BCUT2D eigenvalue weighted by atomic mass is 16.3. The molecule has 3 heteroatoms. The zero-order valence-electron chi connectivity index (χ0n) is 19.6. The monoisotopic (exact) mass is 456 g/mol. The van der Waals surface area contributed by atoms with Gasteiger partial charge >= 0.3 is 0 Å². The first-order chi connectivity index (χ1) is 17.0. The Balaban J connectivity index is 1.47. The average molecular weight is 457 g/mol. The number of hydrogen-bond donors (Lipinski definition) is 2. The maximum Gasteiger partial charge on any atom is 0.135 e. The van der Waals surface area contributed by atoms with Gasteiger partial charge in [0.1, 0.15) is 22.8 Å². The van der Waals surface area contributed by atoms with E-state index >= 15 is 0 Å². The summed E-state index contributed by atoms with van der Waals surface area (Å²) in [6.45, 7) is 4.17. The van der Waals surface area contributed by atoms with Crippen LogP contribution in [0.25, 0.3) is 38.8 Å². The molecule has 0 aliphatic heterocycles. The molecule has 4 aromatic carbocycles. The lowest BCUT2D eigenvalue weighted by atomic mass is 9.74. The quantitative estimate of drug-likeness (QED) is 0.276. The third-order valence-corrected chi connectivity index (χ3v) is 7.70. The van der Waals surface area contributed by atoms with E-state index in [9.17, 15) is 10.2 Å². The van der Waals surface area contributed by atoms with Crippen molar-refractivity contribution in [2.45, 2.75) is 26.2 Å². The fourth-order valence-corrected chi connectivity index (χ4v) is 6.31. The number of furan rings is 1. The second-order valence-electron chi connectivity index (χ2n) is 9.68. The van der Waals surface area contributed by atoms with E-state index in [0.717, 1.165) is 51.0 Å². The summed E-state index contributed by atoms with van der Waals surface area (Å²) in [5, 5.41) is 22.4. The van der Waals surface area contributed by atoms with E-state index in [1.165, 1.54) is 27.8 Å². The third-order valence-electron chi connectivity index (χ3n) is 7.70. The van der Waals surface area contributed by atoms with E-state index in [2.05, 4.69) is 49.4 Å². The van der Waals surface area contributed by atoms with Gasteiger partial charge in [-0.25, -0.2) is 0 Å². The summed E-state index contributed by atoms with van der Waals surface area (Å²) in [7, 11) is 0. The fraction of sp³-hybridized carbons (Fsp3) is 0.125. The van der Waals surface area contributed by atoms with Gasteiger partial charge in [0.15, 0.2) is 0 Å². The van der Waals surface area contributed by atoms with Gasteiger partial charge in [0.25, 0.3) is 0 Å². The maximum atomic E-state index is 10.9. The lowest BCUT2D eigenvalue weighted by molar-refractivity contribution is 0.475. The van der Waals surface area contributed by atoms with Gasteiger partial charge in [-0.3, -0.25) is 0 Å². The average Bonchev–Trinajstić information content (AvgIpc) is 3.36. The van der Waals surface area contributed by atoms with Gasteiger partial charge in [-0.05, 0) is 83.5 Å². The van der Waals surface area contributed by atoms with Crippen LogP contribution in [0.4, 0.5) is 0 Å². The standard InChI is InChI=1S/C32H24O3/c1-17(29-22-8-4-3-7-20(22)21-14-13-19(33)16-26(21)29)15-25-23-9-5-11-27(34)31(23)30-18(2)35-28-12-6-10-24(25)32(28)30/h3-14,16,25,33-34H,15H2,1-2H3/b29-17-. The van der Waals surface area contributed by atoms with Crippen molar-refractivity contribution in [2.75, 3.05) is 0 Å². The molecule has 1 atom stereocenters. The van der Waals surface area contributed by atoms with Gasteiger partial charge in [0.2, 0.25) is 0 Å². The fourth-order valence-electron chi connectivity index (χ4n) is 6.31. The largest absolute Gasteiger partial charge is 0.508 e. The van der Waals surface area contributed by atoms with Crippen molar-refractivity contribution in [3.05, 3.63) is 112 Å². The summed E-state index contributed by atoms with van der Waals surface area (Å²) in [5.41, 5.74) is 12.2. The Morgan fingerprint density at radius 2 is 1.51 bits per heavy atom. The molecule has 2 aliphatic carbocycles. The minimum atomic E-state index is 0.0753. The van der Waals surface area contributed by atoms with Crippen molar-refractivity contribution >= 4 is 16.5 Å². The van der Waals surface area contributed by atoms with Gasteiger partial charge in [0.05, 0.1) is 0 Å².